The van der Waals surface area contributed by atoms with Crippen molar-refractivity contribution in [2.75, 3.05) is 0 Å². The highest BCUT2D eigenvalue weighted by atomic mass is 28.3. The first-order valence-electron chi connectivity index (χ1n) is 19.7. The maximum Gasteiger partial charge on any atom is 0.235 e. The Balaban J connectivity index is 1.09. The average Bonchev–Trinajstić information content (AvgIpc) is 3.86. The minimum absolute atomic E-state index is 0.688. The molecule has 0 amide bonds. The molecule has 11 aromatic rings. The molecule has 5 heteroatoms. The lowest BCUT2D eigenvalue weighted by molar-refractivity contribution is 1.01. The van der Waals surface area contributed by atoms with Gasteiger partial charge in [0.2, 0.25) is 5.95 Å². The lowest BCUT2D eigenvalue weighted by Crippen LogP contribution is -2.49. The van der Waals surface area contributed by atoms with Crippen LogP contribution in [0.3, 0.4) is 0 Å². The molecule has 0 fully saturated rings. The number of rotatable bonds is 4. The van der Waals surface area contributed by atoms with Crippen LogP contribution in [0.1, 0.15) is 0 Å². The van der Waals surface area contributed by atoms with E-state index < -0.39 is 8.07 Å². The molecular formula is C52H36N4Si. The smallest absolute Gasteiger partial charge is 0.235 e. The van der Waals surface area contributed by atoms with Crippen molar-refractivity contribution < 1.29 is 0 Å². The standard InChI is InChI=1S/C52H36N4Si/c1-57(2)47-24-14-11-21-39(47)49-48(57)30-27-40-50(33-15-5-3-6-16-33)53-52(54-51(40)49)56-44-23-13-10-20-38(44)42-32-35(26-29-46(42)56)34-25-28-45-41(31-34)37-19-9-12-22-43(37)55(45)36-17-7-4-8-18-36/h3-32H,1-2H3. The first-order chi connectivity index (χ1) is 28.0. The number of hydrogen-bond donors (Lipinski definition) is 0. The Kier molecular flexibility index (Phi) is 6.75. The molecule has 268 valence electrons. The summed E-state index contributed by atoms with van der Waals surface area (Å²) in [6, 6.07) is 66.0. The SMILES string of the molecule is C[Si]1(C)c2ccccc2-c2c1ccc1c(-c3ccccc3)nc(-n3c4ccccc4c4cc(-c5ccc6c(c5)c5ccccc5n6-c5ccccc5)ccc43)nc21. The Morgan fingerprint density at radius 1 is 0.404 bits per heavy atom. The monoisotopic (exact) mass is 744 g/mol. The molecule has 0 saturated carbocycles. The lowest BCUT2D eigenvalue weighted by atomic mass is 9.99. The molecule has 0 aliphatic carbocycles. The maximum absolute atomic E-state index is 5.58. The second kappa shape index (κ2) is 12.0. The Morgan fingerprint density at radius 2 is 0.965 bits per heavy atom. The Labute approximate surface area is 331 Å². The van der Waals surface area contributed by atoms with Crippen LogP contribution in [0.2, 0.25) is 13.1 Å². The van der Waals surface area contributed by atoms with Crippen molar-refractivity contribution >= 4 is 73.0 Å². The average molecular weight is 745 g/mol. The molecule has 0 unspecified atom stereocenters. The van der Waals surface area contributed by atoms with E-state index in [0.29, 0.717) is 5.95 Å². The van der Waals surface area contributed by atoms with Crippen LogP contribution < -0.4 is 10.4 Å². The molecule has 1 aliphatic heterocycles. The van der Waals surface area contributed by atoms with Crippen molar-refractivity contribution in [3.8, 4) is 45.1 Å². The van der Waals surface area contributed by atoms with Gasteiger partial charge in [-0.1, -0.05) is 147 Å². The summed E-state index contributed by atoms with van der Waals surface area (Å²) in [6.45, 7) is 4.93. The topological polar surface area (TPSA) is 35.6 Å². The Morgan fingerprint density at radius 3 is 1.67 bits per heavy atom. The fourth-order valence-corrected chi connectivity index (χ4v) is 12.7. The zero-order valence-electron chi connectivity index (χ0n) is 31.6. The van der Waals surface area contributed by atoms with Gasteiger partial charge in [-0.25, -0.2) is 9.97 Å². The van der Waals surface area contributed by atoms with Crippen molar-refractivity contribution in [2.24, 2.45) is 0 Å². The summed E-state index contributed by atoms with van der Waals surface area (Å²) < 4.78 is 4.65. The number of hydrogen-bond acceptors (Lipinski definition) is 2. The zero-order valence-corrected chi connectivity index (χ0v) is 32.6. The predicted molar refractivity (Wildman–Crippen MR) is 241 cm³/mol. The number of benzene rings is 8. The summed E-state index contributed by atoms with van der Waals surface area (Å²) >= 11 is 0. The van der Waals surface area contributed by atoms with E-state index in [2.05, 4.69) is 204 Å². The number of aromatic nitrogens is 4. The fourth-order valence-electron chi connectivity index (χ4n) is 9.66. The normalized spacial score (nSPS) is 13.2. The third-order valence-corrected chi connectivity index (χ3v) is 15.9. The molecule has 0 atom stereocenters. The summed E-state index contributed by atoms with van der Waals surface area (Å²) in [5.41, 5.74) is 13.8. The van der Waals surface area contributed by atoms with Gasteiger partial charge in [0.1, 0.15) is 8.07 Å². The summed E-state index contributed by atoms with van der Waals surface area (Å²) in [4.78, 5) is 11.0. The molecular weight excluding hydrogens is 709 g/mol. The quantitative estimate of drug-likeness (QED) is 0.168. The van der Waals surface area contributed by atoms with E-state index in [9.17, 15) is 0 Å². The highest BCUT2D eigenvalue weighted by Crippen LogP contribution is 2.40. The van der Waals surface area contributed by atoms with E-state index in [1.165, 1.54) is 65.2 Å². The molecule has 3 aromatic heterocycles. The molecule has 12 rings (SSSR count). The van der Waals surface area contributed by atoms with Crippen molar-refractivity contribution in [1.82, 2.24) is 19.1 Å². The lowest BCUT2D eigenvalue weighted by Gasteiger charge is -2.19. The van der Waals surface area contributed by atoms with Crippen LogP contribution >= 0.6 is 0 Å². The number of fused-ring (bicyclic) bond motifs is 11. The third-order valence-electron chi connectivity index (χ3n) is 12.3. The van der Waals surface area contributed by atoms with Gasteiger partial charge in [-0.05, 0) is 75.6 Å². The van der Waals surface area contributed by atoms with Crippen LogP contribution in [0, 0.1) is 0 Å². The zero-order chi connectivity index (χ0) is 37.8. The molecule has 0 bridgehead atoms. The first kappa shape index (κ1) is 32.2. The Bertz CT molecular complexity index is 3430. The third kappa shape index (κ3) is 4.60. The molecule has 4 heterocycles. The van der Waals surface area contributed by atoms with E-state index in [1.54, 1.807) is 0 Å². The van der Waals surface area contributed by atoms with Crippen molar-refractivity contribution in [1.29, 1.82) is 0 Å². The van der Waals surface area contributed by atoms with E-state index in [4.69, 9.17) is 9.97 Å². The van der Waals surface area contributed by atoms with Gasteiger partial charge in [0, 0.05) is 43.7 Å². The molecule has 8 aromatic carbocycles. The van der Waals surface area contributed by atoms with Gasteiger partial charge >= 0.3 is 0 Å². The van der Waals surface area contributed by atoms with E-state index in [1.807, 2.05) is 0 Å². The van der Waals surface area contributed by atoms with Gasteiger partial charge in [-0.15, -0.1) is 0 Å². The van der Waals surface area contributed by atoms with Gasteiger partial charge < -0.3 is 4.57 Å². The van der Waals surface area contributed by atoms with Crippen LogP contribution in [0.25, 0.3) is 99.7 Å². The summed E-state index contributed by atoms with van der Waals surface area (Å²) in [5.74, 6) is 0.688. The summed E-state index contributed by atoms with van der Waals surface area (Å²) in [7, 11) is -1.92. The van der Waals surface area contributed by atoms with Crippen LogP contribution in [0.15, 0.2) is 182 Å². The van der Waals surface area contributed by atoms with Crippen molar-refractivity contribution in [3.63, 3.8) is 0 Å². The molecule has 57 heavy (non-hydrogen) atoms. The number of para-hydroxylation sites is 3. The minimum Gasteiger partial charge on any atom is -0.309 e. The highest BCUT2D eigenvalue weighted by molar-refractivity contribution is 7.04. The number of nitrogens with zero attached hydrogens (tertiary/aromatic N) is 4. The van der Waals surface area contributed by atoms with E-state index in [0.717, 1.165) is 38.9 Å². The van der Waals surface area contributed by atoms with Gasteiger partial charge in [-0.3, -0.25) is 4.57 Å². The van der Waals surface area contributed by atoms with Crippen molar-refractivity contribution in [3.05, 3.63) is 182 Å². The van der Waals surface area contributed by atoms with Crippen LogP contribution in [-0.4, -0.2) is 27.2 Å². The predicted octanol–water partition coefficient (Wildman–Crippen LogP) is 12.0. The van der Waals surface area contributed by atoms with E-state index >= 15 is 0 Å². The molecule has 4 nitrogen and oxygen atoms in total. The van der Waals surface area contributed by atoms with Gasteiger partial charge in [0.05, 0.1) is 33.3 Å². The van der Waals surface area contributed by atoms with Gasteiger partial charge in [0.25, 0.3) is 0 Å². The second-order valence-corrected chi connectivity index (χ2v) is 20.1. The summed E-state index contributed by atoms with van der Waals surface area (Å²) in [6.07, 6.45) is 0. The Hall–Kier alpha value is -7.08. The second-order valence-electron chi connectivity index (χ2n) is 15.8. The van der Waals surface area contributed by atoms with Crippen LogP contribution in [-0.2, 0) is 0 Å². The largest absolute Gasteiger partial charge is 0.309 e. The highest BCUT2D eigenvalue weighted by Gasteiger charge is 2.39. The summed E-state index contributed by atoms with van der Waals surface area (Å²) in [5, 5.41) is 8.84. The van der Waals surface area contributed by atoms with Crippen LogP contribution in [0.4, 0.5) is 0 Å². The van der Waals surface area contributed by atoms with Crippen molar-refractivity contribution in [2.45, 2.75) is 13.1 Å². The van der Waals surface area contributed by atoms with Gasteiger partial charge in [-0.2, -0.15) is 0 Å². The minimum atomic E-state index is -1.92. The molecule has 0 saturated heterocycles. The molecule has 0 N–H and O–H groups in total. The van der Waals surface area contributed by atoms with Gasteiger partial charge in [0.15, 0.2) is 0 Å². The molecule has 0 spiro atoms. The molecule has 0 radical (unpaired) electrons. The van der Waals surface area contributed by atoms with E-state index in [-0.39, 0.29) is 0 Å². The van der Waals surface area contributed by atoms with Crippen LogP contribution in [0.5, 0.6) is 0 Å². The first-order valence-corrected chi connectivity index (χ1v) is 22.7. The maximum atomic E-state index is 5.58. The molecule has 1 aliphatic rings. The fraction of sp³-hybridized carbons (Fsp3) is 0.0385.